The Morgan fingerprint density at radius 2 is 1.73 bits per heavy atom. The Hall–Kier alpha value is -2.18. The second kappa shape index (κ2) is 7.21. The molecule has 0 saturated carbocycles. The summed E-state index contributed by atoms with van der Waals surface area (Å²) in [7, 11) is -3.27. The number of hydrogen-bond donors (Lipinski definition) is 2. The third-order valence-electron chi connectivity index (χ3n) is 4.61. The van der Waals surface area contributed by atoms with Gasteiger partial charge < -0.3 is 5.32 Å². The average molecular weight is 372 g/mol. The molecule has 2 aromatic rings. The van der Waals surface area contributed by atoms with Crippen LogP contribution in [0.1, 0.15) is 31.9 Å². The zero-order valence-corrected chi connectivity index (χ0v) is 16.1. The van der Waals surface area contributed by atoms with E-state index in [-0.39, 0.29) is 11.9 Å². The fourth-order valence-corrected chi connectivity index (χ4v) is 4.13. The standard InChI is InChI=1S/C20H24N2O3S/c1-13(2)26(24,25)22-20-11-17-8-7-16(9-18(17)12-20)15-5-4-6-19(10-15)21-14(3)23/h4-10,13,20,22H,11-12H2,1-3H3,(H,21,23). The molecule has 5 nitrogen and oxygen atoms in total. The molecule has 0 saturated heterocycles. The van der Waals surface area contributed by atoms with E-state index in [4.69, 9.17) is 0 Å². The molecule has 1 aliphatic carbocycles. The minimum absolute atomic E-state index is 0.0848. The SMILES string of the molecule is CC(=O)Nc1cccc(-c2ccc3c(c2)CC(NS(=O)(=O)C(C)C)C3)c1. The van der Waals surface area contributed by atoms with Gasteiger partial charge in [0.1, 0.15) is 0 Å². The summed E-state index contributed by atoms with van der Waals surface area (Å²) in [6, 6.07) is 13.9. The molecule has 138 valence electrons. The van der Waals surface area contributed by atoms with Gasteiger partial charge in [-0.05, 0) is 61.1 Å². The normalized spacial score (nSPS) is 16.5. The van der Waals surface area contributed by atoms with Crippen molar-refractivity contribution in [2.75, 3.05) is 5.32 Å². The van der Waals surface area contributed by atoms with Crippen LogP contribution in [-0.4, -0.2) is 25.6 Å². The van der Waals surface area contributed by atoms with E-state index in [1.54, 1.807) is 13.8 Å². The van der Waals surface area contributed by atoms with E-state index in [0.717, 1.165) is 16.8 Å². The quantitative estimate of drug-likeness (QED) is 0.847. The van der Waals surface area contributed by atoms with Crippen LogP contribution in [0.25, 0.3) is 11.1 Å². The van der Waals surface area contributed by atoms with Crippen LogP contribution in [0.2, 0.25) is 0 Å². The highest BCUT2D eigenvalue weighted by atomic mass is 32.2. The second-order valence-electron chi connectivity index (χ2n) is 7.06. The number of rotatable bonds is 5. The summed E-state index contributed by atoms with van der Waals surface area (Å²) in [6.45, 7) is 4.86. The van der Waals surface area contributed by atoms with Crippen molar-refractivity contribution in [1.82, 2.24) is 4.72 Å². The molecule has 2 N–H and O–H groups in total. The maximum absolute atomic E-state index is 12.1. The number of hydrogen-bond acceptors (Lipinski definition) is 3. The van der Waals surface area contributed by atoms with E-state index in [1.807, 2.05) is 30.3 Å². The number of carbonyl (C=O) groups is 1. The minimum Gasteiger partial charge on any atom is -0.326 e. The molecule has 2 aromatic carbocycles. The number of benzene rings is 2. The summed E-state index contributed by atoms with van der Waals surface area (Å²) in [5, 5.41) is 2.36. The van der Waals surface area contributed by atoms with Gasteiger partial charge in [-0.3, -0.25) is 4.79 Å². The first-order chi connectivity index (χ1) is 12.2. The lowest BCUT2D eigenvalue weighted by molar-refractivity contribution is -0.114. The van der Waals surface area contributed by atoms with Gasteiger partial charge >= 0.3 is 0 Å². The lowest BCUT2D eigenvalue weighted by Crippen LogP contribution is -2.39. The summed E-state index contributed by atoms with van der Waals surface area (Å²) in [6.07, 6.45) is 1.41. The first kappa shape index (κ1) is 18.6. The van der Waals surface area contributed by atoms with Crippen LogP contribution in [0.15, 0.2) is 42.5 Å². The van der Waals surface area contributed by atoms with E-state index in [0.29, 0.717) is 12.8 Å². The number of fused-ring (bicyclic) bond motifs is 1. The molecular formula is C20H24N2O3S. The first-order valence-corrected chi connectivity index (χ1v) is 10.3. The van der Waals surface area contributed by atoms with Crippen molar-refractivity contribution in [3.63, 3.8) is 0 Å². The van der Waals surface area contributed by atoms with Gasteiger partial charge in [-0.15, -0.1) is 0 Å². The van der Waals surface area contributed by atoms with Gasteiger partial charge in [0.2, 0.25) is 15.9 Å². The molecular weight excluding hydrogens is 348 g/mol. The minimum atomic E-state index is -3.27. The molecule has 6 heteroatoms. The van der Waals surface area contributed by atoms with Gasteiger partial charge in [-0.2, -0.15) is 0 Å². The number of sulfonamides is 1. The van der Waals surface area contributed by atoms with Crippen LogP contribution in [0, 0.1) is 0 Å². The van der Waals surface area contributed by atoms with Crippen molar-refractivity contribution in [1.29, 1.82) is 0 Å². The first-order valence-electron chi connectivity index (χ1n) is 8.75. The fourth-order valence-electron chi connectivity index (χ4n) is 3.23. The molecule has 0 fully saturated rings. The van der Waals surface area contributed by atoms with Crippen LogP contribution in [0.4, 0.5) is 5.69 Å². The summed E-state index contributed by atoms with van der Waals surface area (Å²) < 4.78 is 27.0. The smallest absolute Gasteiger partial charge is 0.221 e. The Morgan fingerprint density at radius 3 is 2.42 bits per heavy atom. The molecule has 26 heavy (non-hydrogen) atoms. The predicted molar refractivity (Wildman–Crippen MR) is 105 cm³/mol. The topological polar surface area (TPSA) is 75.3 Å². The van der Waals surface area contributed by atoms with Crippen molar-refractivity contribution in [2.45, 2.75) is 44.9 Å². The summed E-state index contributed by atoms with van der Waals surface area (Å²) in [4.78, 5) is 11.2. The highest BCUT2D eigenvalue weighted by Gasteiger charge is 2.27. The van der Waals surface area contributed by atoms with Gasteiger partial charge in [-0.25, -0.2) is 13.1 Å². The van der Waals surface area contributed by atoms with Crippen LogP contribution >= 0.6 is 0 Å². The Kier molecular flexibility index (Phi) is 5.16. The number of nitrogens with one attached hydrogen (secondary N) is 2. The van der Waals surface area contributed by atoms with Gasteiger partial charge in [-0.1, -0.05) is 30.3 Å². The van der Waals surface area contributed by atoms with E-state index >= 15 is 0 Å². The lowest BCUT2D eigenvalue weighted by Gasteiger charge is -2.14. The second-order valence-corrected chi connectivity index (χ2v) is 9.33. The Labute approximate surface area is 154 Å². The molecule has 0 spiro atoms. The van der Waals surface area contributed by atoms with E-state index in [1.165, 1.54) is 18.1 Å². The highest BCUT2D eigenvalue weighted by molar-refractivity contribution is 7.90. The van der Waals surface area contributed by atoms with Crippen molar-refractivity contribution in [3.05, 3.63) is 53.6 Å². The monoisotopic (exact) mass is 372 g/mol. The fraction of sp³-hybridized carbons (Fsp3) is 0.350. The van der Waals surface area contributed by atoms with Gasteiger partial charge in [0.25, 0.3) is 0 Å². The molecule has 0 aliphatic heterocycles. The number of amides is 1. The largest absolute Gasteiger partial charge is 0.326 e. The Morgan fingerprint density at radius 1 is 1.04 bits per heavy atom. The summed E-state index contributed by atoms with van der Waals surface area (Å²) in [5.74, 6) is -0.101. The summed E-state index contributed by atoms with van der Waals surface area (Å²) in [5.41, 5.74) is 5.19. The van der Waals surface area contributed by atoms with Gasteiger partial charge in [0, 0.05) is 18.7 Å². The van der Waals surface area contributed by atoms with Crippen molar-refractivity contribution in [3.8, 4) is 11.1 Å². The third kappa shape index (κ3) is 4.14. The third-order valence-corrected chi connectivity index (χ3v) is 6.51. The molecule has 1 unspecified atom stereocenters. The van der Waals surface area contributed by atoms with Crippen LogP contribution in [0.5, 0.6) is 0 Å². The average Bonchev–Trinajstić information content (AvgIpc) is 2.94. The van der Waals surface area contributed by atoms with Crippen LogP contribution in [-0.2, 0) is 27.7 Å². The molecule has 1 amide bonds. The molecule has 0 heterocycles. The zero-order valence-electron chi connectivity index (χ0n) is 15.2. The Balaban J connectivity index is 1.80. The van der Waals surface area contributed by atoms with Crippen molar-refractivity contribution < 1.29 is 13.2 Å². The molecule has 1 atom stereocenters. The lowest BCUT2D eigenvalue weighted by atomic mass is 10.0. The van der Waals surface area contributed by atoms with E-state index in [9.17, 15) is 13.2 Å². The number of carbonyl (C=O) groups excluding carboxylic acids is 1. The van der Waals surface area contributed by atoms with Gasteiger partial charge in [0.05, 0.1) is 5.25 Å². The van der Waals surface area contributed by atoms with Crippen LogP contribution in [0.3, 0.4) is 0 Å². The molecule has 0 radical (unpaired) electrons. The number of anilines is 1. The molecule has 0 bridgehead atoms. The Bertz CT molecular complexity index is 936. The van der Waals surface area contributed by atoms with Crippen molar-refractivity contribution in [2.24, 2.45) is 0 Å². The summed E-state index contributed by atoms with van der Waals surface area (Å²) >= 11 is 0. The molecule has 0 aromatic heterocycles. The molecule has 1 aliphatic rings. The maximum Gasteiger partial charge on any atom is 0.221 e. The van der Waals surface area contributed by atoms with Crippen LogP contribution < -0.4 is 10.0 Å². The van der Waals surface area contributed by atoms with Gasteiger partial charge in [0.15, 0.2) is 0 Å². The zero-order chi connectivity index (χ0) is 18.9. The van der Waals surface area contributed by atoms with Crippen molar-refractivity contribution >= 4 is 21.6 Å². The highest BCUT2D eigenvalue weighted by Crippen LogP contribution is 2.30. The van der Waals surface area contributed by atoms with E-state index in [2.05, 4.69) is 22.2 Å². The predicted octanol–water partition coefficient (Wildman–Crippen LogP) is 3.11. The maximum atomic E-state index is 12.1. The molecule has 3 rings (SSSR count). The van der Waals surface area contributed by atoms with E-state index < -0.39 is 15.3 Å².